The number of aryl methyl sites for hydroxylation is 1. The van der Waals surface area contributed by atoms with E-state index in [0.717, 1.165) is 41.7 Å². The predicted molar refractivity (Wildman–Crippen MR) is 118 cm³/mol. The van der Waals surface area contributed by atoms with Crippen LogP contribution in [0, 0.1) is 6.92 Å². The zero-order valence-corrected chi connectivity index (χ0v) is 17.4. The number of rotatable bonds is 4. The topological polar surface area (TPSA) is 65.7 Å². The molecule has 0 saturated heterocycles. The summed E-state index contributed by atoms with van der Waals surface area (Å²) >= 11 is 0. The Morgan fingerprint density at radius 1 is 1.17 bits per heavy atom. The Morgan fingerprint density at radius 3 is 2.52 bits per heavy atom. The number of hydrogen-bond acceptors (Lipinski definition) is 3. The number of likely N-dealkylation sites (N-methyl/N-ethyl adjacent to an activating group) is 1. The average molecular weight is 413 g/mol. The van der Waals surface area contributed by atoms with Crippen LogP contribution in [0.25, 0.3) is 16.5 Å². The second-order valence-electron chi connectivity index (χ2n) is 7.59. The number of benzene rings is 2. The summed E-state index contributed by atoms with van der Waals surface area (Å²) in [4.78, 5) is 14.0. The van der Waals surface area contributed by atoms with Crippen LogP contribution in [0.1, 0.15) is 33.5 Å². The molecule has 1 aromatic heterocycles. The summed E-state index contributed by atoms with van der Waals surface area (Å²) in [5, 5.41) is 20.8. The van der Waals surface area contributed by atoms with E-state index in [1.165, 1.54) is 5.56 Å². The molecule has 0 saturated carbocycles. The summed E-state index contributed by atoms with van der Waals surface area (Å²) in [6.07, 6.45) is 4.66. The van der Waals surface area contributed by atoms with Gasteiger partial charge in [-0.1, -0.05) is 35.9 Å². The Hall–Kier alpha value is -2.76. The molecular formula is C23H25ClN2O3. The second kappa shape index (κ2) is 8.31. The summed E-state index contributed by atoms with van der Waals surface area (Å²) < 4.78 is 1.96. The van der Waals surface area contributed by atoms with Gasteiger partial charge in [0, 0.05) is 36.8 Å². The van der Waals surface area contributed by atoms with Crippen molar-refractivity contribution in [2.45, 2.75) is 19.9 Å². The highest BCUT2D eigenvalue weighted by Gasteiger charge is 2.19. The molecule has 1 aliphatic rings. The van der Waals surface area contributed by atoms with Crippen LogP contribution < -0.4 is 0 Å². The number of phenols is 1. The third kappa shape index (κ3) is 4.16. The number of aromatic hydroxyl groups is 1. The van der Waals surface area contributed by atoms with Gasteiger partial charge >= 0.3 is 5.97 Å². The summed E-state index contributed by atoms with van der Waals surface area (Å²) in [6.45, 7) is 4.41. The highest BCUT2D eigenvalue weighted by atomic mass is 35.5. The van der Waals surface area contributed by atoms with E-state index in [2.05, 4.69) is 42.3 Å². The number of carbonyl (C=O) groups is 1. The Labute approximate surface area is 176 Å². The van der Waals surface area contributed by atoms with E-state index in [1.807, 2.05) is 17.6 Å². The zero-order chi connectivity index (χ0) is 19.8. The Morgan fingerprint density at radius 2 is 1.90 bits per heavy atom. The number of nitrogens with zero attached hydrogens (tertiary/aromatic N) is 2. The van der Waals surface area contributed by atoms with Gasteiger partial charge in [0.2, 0.25) is 0 Å². The van der Waals surface area contributed by atoms with Gasteiger partial charge in [-0.15, -0.1) is 12.4 Å². The van der Waals surface area contributed by atoms with Crippen LogP contribution in [0.5, 0.6) is 5.75 Å². The average Bonchev–Trinajstić information content (AvgIpc) is 3.01. The van der Waals surface area contributed by atoms with Crippen LogP contribution in [0.4, 0.5) is 0 Å². The fraction of sp³-hybridized carbons (Fsp3) is 0.261. The lowest BCUT2D eigenvalue weighted by Crippen LogP contribution is -2.23. The van der Waals surface area contributed by atoms with E-state index >= 15 is 0 Å². The first-order chi connectivity index (χ1) is 13.4. The molecule has 4 rings (SSSR count). The highest BCUT2D eigenvalue weighted by Crippen LogP contribution is 2.35. The first-order valence-corrected chi connectivity index (χ1v) is 9.45. The normalized spacial score (nSPS) is 14.5. The van der Waals surface area contributed by atoms with Gasteiger partial charge in [-0.3, -0.25) is 0 Å². The molecule has 0 amide bonds. The Balaban J connectivity index is 0.00000240. The monoisotopic (exact) mass is 412 g/mol. The van der Waals surface area contributed by atoms with Gasteiger partial charge in [0.1, 0.15) is 5.75 Å². The molecule has 0 spiro atoms. The van der Waals surface area contributed by atoms with Gasteiger partial charge in [-0.2, -0.15) is 0 Å². The molecule has 29 heavy (non-hydrogen) atoms. The minimum absolute atomic E-state index is 0. The molecule has 2 heterocycles. The van der Waals surface area contributed by atoms with Crippen LogP contribution in [-0.4, -0.2) is 45.8 Å². The van der Waals surface area contributed by atoms with Crippen molar-refractivity contribution in [3.05, 3.63) is 70.9 Å². The smallest absolute Gasteiger partial charge is 0.337 e. The van der Waals surface area contributed by atoms with Gasteiger partial charge in [-0.05, 0) is 43.7 Å². The molecule has 1 aliphatic heterocycles. The lowest BCUT2D eigenvalue weighted by molar-refractivity contribution is 0.0699. The maximum atomic E-state index is 11.7. The van der Waals surface area contributed by atoms with E-state index < -0.39 is 5.97 Å². The van der Waals surface area contributed by atoms with E-state index in [1.54, 1.807) is 12.3 Å². The highest BCUT2D eigenvalue weighted by molar-refractivity contribution is 6.05. The molecule has 0 radical (unpaired) electrons. The van der Waals surface area contributed by atoms with Crippen molar-refractivity contribution in [2.24, 2.45) is 0 Å². The largest absolute Gasteiger partial charge is 0.507 e. The third-order valence-electron chi connectivity index (χ3n) is 5.46. The van der Waals surface area contributed by atoms with Gasteiger partial charge < -0.3 is 19.7 Å². The second-order valence-corrected chi connectivity index (χ2v) is 7.59. The van der Waals surface area contributed by atoms with E-state index in [4.69, 9.17) is 0 Å². The molecule has 2 N–H and O–H groups in total. The van der Waals surface area contributed by atoms with E-state index in [9.17, 15) is 15.0 Å². The van der Waals surface area contributed by atoms with Crippen LogP contribution in [0.15, 0.2) is 48.7 Å². The SMILES string of the molecule is Cc1ccc(Cn2cc(C(=O)O)c3cc(O)c(C4=CCN(C)CC4)cc32)cc1.Cl. The zero-order valence-electron chi connectivity index (χ0n) is 16.6. The minimum atomic E-state index is -0.988. The van der Waals surface area contributed by atoms with Crippen LogP contribution in [0.2, 0.25) is 0 Å². The summed E-state index contributed by atoms with van der Waals surface area (Å²) in [6, 6.07) is 11.8. The Bertz CT molecular complexity index is 1080. The maximum Gasteiger partial charge on any atom is 0.337 e. The van der Waals surface area contributed by atoms with Gasteiger partial charge in [-0.25, -0.2) is 4.79 Å². The molecular weight excluding hydrogens is 388 g/mol. The van der Waals surface area contributed by atoms with Gasteiger partial charge in [0.15, 0.2) is 0 Å². The number of phenolic OH excluding ortho intramolecular Hbond substituents is 1. The van der Waals surface area contributed by atoms with Crippen molar-refractivity contribution < 1.29 is 15.0 Å². The van der Waals surface area contributed by atoms with Crippen molar-refractivity contribution in [1.29, 1.82) is 0 Å². The standard InChI is InChI=1S/C23H24N2O3.ClH/c1-15-3-5-16(6-4-15)13-25-14-20(23(27)28)19-12-22(26)18(11-21(19)25)17-7-9-24(2)10-8-17;/h3-7,11-12,14,26H,8-10,13H2,1-2H3,(H,27,28);1H. The molecule has 0 atom stereocenters. The number of carboxylic acid groups (broad SMARTS) is 1. The maximum absolute atomic E-state index is 11.7. The van der Waals surface area contributed by atoms with Crippen molar-refractivity contribution in [2.75, 3.05) is 20.1 Å². The van der Waals surface area contributed by atoms with E-state index in [0.29, 0.717) is 11.9 Å². The number of aromatic nitrogens is 1. The molecule has 0 fully saturated rings. The van der Waals surface area contributed by atoms with Crippen molar-refractivity contribution in [3.63, 3.8) is 0 Å². The molecule has 0 unspecified atom stereocenters. The first-order valence-electron chi connectivity index (χ1n) is 9.45. The molecule has 2 aromatic carbocycles. The minimum Gasteiger partial charge on any atom is -0.507 e. The van der Waals surface area contributed by atoms with Crippen LogP contribution in [-0.2, 0) is 6.54 Å². The van der Waals surface area contributed by atoms with Crippen molar-refractivity contribution >= 4 is 34.9 Å². The molecule has 0 aliphatic carbocycles. The molecule has 6 heteroatoms. The fourth-order valence-corrected chi connectivity index (χ4v) is 3.79. The molecule has 0 bridgehead atoms. The van der Waals surface area contributed by atoms with Crippen LogP contribution in [0.3, 0.4) is 0 Å². The number of aromatic carboxylic acids is 1. The number of hydrogen-bond donors (Lipinski definition) is 2. The molecule has 3 aromatic rings. The molecule has 5 nitrogen and oxygen atoms in total. The summed E-state index contributed by atoms with van der Waals surface area (Å²) in [5.74, 6) is -0.850. The predicted octanol–water partition coefficient (Wildman–Crippen LogP) is 4.54. The van der Waals surface area contributed by atoms with Crippen LogP contribution >= 0.6 is 12.4 Å². The quantitative estimate of drug-likeness (QED) is 0.660. The number of halogens is 1. The summed E-state index contributed by atoms with van der Waals surface area (Å²) in [5.41, 5.74) is 5.23. The molecule has 152 valence electrons. The third-order valence-corrected chi connectivity index (χ3v) is 5.46. The summed E-state index contributed by atoms with van der Waals surface area (Å²) in [7, 11) is 2.07. The van der Waals surface area contributed by atoms with Crippen molar-refractivity contribution in [1.82, 2.24) is 9.47 Å². The van der Waals surface area contributed by atoms with Gasteiger partial charge in [0.05, 0.1) is 11.1 Å². The van der Waals surface area contributed by atoms with E-state index in [-0.39, 0.29) is 23.7 Å². The van der Waals surface area contributed by atoms with Gasteiger partial charge in [0.25, 0.3) is 0 Å². The Kier molecular flexibility index (Phi) is 6.01. The van der Waals surface area contributed by atoms with Crippen molar-refractivity contribution in [3.8, 4) is 5.75 Å². The lowest BCUT2D eigenvalue weighted by Gasteiger charge is -2.22. The number of fused-ring (bicyclic) bond motifs is 1. The lowest BCUT2D eigenvalue weighted by atomic mass is 9.97. The fourth-order valence-electron chi connectivity index (χ4n) is 3.79. The number of carboxylic acids is 1. The first kappa shape index (κ1) is 21.0.